The Morgan fingerprint density at radius 3 is 2.45 bits per heavy atom. The van der Waals surface area contributed by atoms with Gasteiger partial charge in [0.25, 0.3) is 5.91 Å². The van der Waals surface area contributed by atoms with Gasteiger partial charge >= 0.3 is 5.97 Å². The lowest BCUT2D eigenvalue weighted by Gasteiger charge is -2.19. The van der Waals surface area contributed by atoms with Crippen LogP contribution in [0.3, 0.4) is 0 Å². The maximum absolute atomic E-state index is 12.3. The summed E-state index contributed by atoms with van der Waals surface area (Å²) in [4.78, 5) is 24.4. The summed E-state index contributed by atoms with van der Waals surface area (Å²) in [6.07, 6.45) is -0.994. The molecule has 29 heavy (non-hydrogen) atoms. The van der Waals surface area contributed by atoms with E-state index in [2.05, 4.69) is 5.32 Å². The van der Waals surface area contributed by atoms with E-state index in [1.54, 1.807) is 30.3 Å². The van der Waals surface area contributed by atoms with Gasteiger partial charge < -0.3 is 24.3 Å². The zero-order valence-electron chi connectivity index (χ0n) is 16.4. The van der Waals surface area contributed by atoms with Crippen LogP contribution in [0.15, 0.2) is 30.3 Å². The molecule has 154 valence electrons. The van der Waals surface area contributed by atoms with Gasteiger partial charge in [-0.3, -0.25) is 4.79 Å². The summed E-state index contributed by atoms with van der Waals surface area (Å²) in [7, 11) is 0. The minimum atomic E-state index is -0.994. The van der Waals surface area contributed by atoms with E-state index < -0.39 is 18.0 Å². The first-order chi connectivity index (χ1) is 13.8. The van der Waals surface area contributed by atoms with Crippen LogP contribution in [-0.4, -0.2) is 37.8 Å². The van der Waals surface area contributed by atoms with Crippen LogP contribution in [0.5, 0.6) is 17.2 Å². The zero-order chi connectivity index (χ0) is 21.0. The van der Waals surface area contributed by atoms with E-state index in [1.165, 1.54) is 6.92 Å². The van der Waals surface area contributed by atoms with Gasteiger partial charge in [0.05, 0.1) is 0 Å². The Hall–Kier alpha value is -2.93. The number of benzene rings is 2. The third kappa shape index (κ3) is 5.32. The van der Waals surface area contributed by atoms with Crippen LogP contribution in [0.25, 0.3) is 0 Å². The maximum atomic E-state index is 12.3. The van der Waals surface area contributed by atoms with Crippen molar-refractivity contribution in [3.8, 4) is 17.2 Å². The van der Waals surface area contributed by atoms with Crippen molar-refractivity contribution < 1.29 is 28.5 Å². The lowest BCUT2D eigenvalue weighted by molar-refractivity contribution is -0.155. The number of anilines is 1. The Kier molecular flexibility index (Phi) is 6.49. The Labute approximate surface area is 173 Å². The molecule has 0 aromatic heterocycles. The van der Waals surface area contributed by atoms with E-state index in [-0.39, 0.29) is 6.61 Å². The van der Waals surface area contributed by atoms with E-state index in [0.29, 0.717) is 41.2 Å². The van der Waals surface area contributed by atoms with E-state index in [1.807, 2.05) is 13.8 Å². The van der Waals surface area contributed by atoms with Crippen molar-refractivity contribution >= 4 is 29.2 Å². The molecule has 2 aromatic rings. The van der Waals surface area contributed by atoms with Crippen molar-refractivity contribution in [2.45, 2.75) is 26.9 Å². The lowest BCUT2D eigenvalue weighted by Crippen LogP contribution is -2.31. The maximum Gasteiger partial charge on any atom is 0.344 e. The molecule has 1 heterocycles. The summed E-state index contributed by atoms with van der Waals surface area (Å²) in [6, 6.07) is 8.56. The van der Waals surface area contributed by atoms with Crippen LogP contribution in [0.2, 0.25) is 5.02 Å². The number of ether oxygens (including phenoxy) is 4. The molecule has 1 N–H and O–H groups in total. The molecule has 0 unspecified atom stereocenters. The highest BCUT2D eigenvalue weighted by Gasteiger charge is 2.20. The van der Waals surface area contributed by atoms with Crippen LogP contribution in [0.4, 0.5) is 5.69 Å². The minimum Gasteiger partial charge on any atom is -0.486 e. The van der Waals surface area contributed by atoms with Crippen molar-refractivity contribution in [1.82, 2.24) is 0 Å². The van der Waals surface area contributed by atoms with E-state index >= 15 is 0 Å². The molecule has 7 nitrogen and oxygen atoms in total. The molecule has 1 atom stereocenters. The number of halogens is 1. The highest BCUT2D eigenvalue weighted by molar-refractivity contribution is 6.30. The standard InChI is InChI=1S/C21H22ClNO6/c1-12-8-15(22)9-13(2)20(12)28-11-19(24)29-14(3)21(25)23-16-4-5-17-18(10-16)27-7-6-26-17/h4-5,8-10,14H,6-7,11H2,1-3H3,(H,23,25)/t14-/m1/s1. The fourth-order valence-electron chi connectivity index (χ4n) is 2.91. The van der Waals surface area contributed by atoms with Crippen LogP contribution in [0.1, 0.15) is 18.1 Å². The van der Waals surface area contributed by atoms with Crippen LogP contribution < -0.4 is 19.5 Å². The number of hydrogen-bond donors (Lipinski definition) is 1. The first-order valence-electron chi connectivity index (χ1n) is 9.13. The fraction of sp³-hybridized carbons (Fsp3) is 0.333. The molecule has 1 aliphatic rings. The fourth-order valence-corrected chi connectivity index (χ4v) is 3.23. The SMILES string of the molecule is Cc1cc(Cl)cc(C)c1OCC(=O)O[C@H](C)C(=O)Nc1ccc2c(c1)OCCO2. The normalized spacial score (nSPS) is 13.4. The number of carbonyl (C=O) groups excluding carboxylic acids is 2. The molecule has 2 aromatic carbocycles. The van der Waals surface area contributed by atoms with E-state index in [4.69, 9.17) is 30.5 Å². The number of hydrogen-bond acceptors (Lipinski definition) is 6. The topological polar surface area (TPSA) is 83.1 Å². The molecule has 0 fully saturated rings. The number of fused-ring (bicyclic) bond motifs is 1. The lowest BCUT2D eigenvalue weighted by atomic mass is 10.1. The van der Waals surface area contributed by atoms with Gasteiger partial charge in [0.15, 0.2) is 24.2 Å². The van der Waals surface area contributed by atoms with Gasteiger partial charge in [-0.1, -0.05) is 11.6 Å². The van der Waals surface area contributed by atoms with Crippen molar-refractivity contribution in [1.29, 1.82) is 0 Å². The molecule has 8 heteroatoms. The summed E-state index contributed by atoms with van der Waals surface area (Å²) in [5.41, 5.74) is 2.14. The number of amides is 1. The molecule has 3 rings (SSSR count). The second-order valence-electron chi connectivity index (χ2n) is 6.64. The molecule has 1 amide bonds. The number of aryl methyl sites for hydroxylation is 2. The van der Waals surface area contributed by atoms with Crippen LogP contribution in [-0.2, 0) is 14.3 Å². The smallest absolute Gasteiger partial charge is 0.344 e. The molecule has 0 aliphatic carbocycles. The van der Waals surface area contributed by atoms with Crippen molar-refractivity contribution in [2.75, 3.05) is 25.1 Å². The highest BCUT2D eigenvalue weighted by atomic mass is 35.5. The third-order valence-corrected chi connectivity index (χ3v) is 4.46. The number of carbonyl (C=O) groups is 2. The molecule has 1 aliphatic heterocycles. The number of nitrogens with one attached hydrogen (secondary N) is 1. The van der Waals surface area contributed by atoms with Gasteiger partial charge in [-0.15, -0.1) is 0 Å². The second-order valence-corrected chi connectivity index (χ2v) is 7.07. The Morgan fingerprint density at radius 1 is 1.10 bits per heavy atom. The van der Waals surface area contributed by atoms with Crippen molar-refractivity contribution in [3.05, 3.63) is 46.5 Å². The molecule has 0 spiro atoms. The Balaban J connectivity index is 1.52. The molecule has 0 saturated carbocycles. The summed E-state index contributed by atoms with van der Waals surface area (Å²) in [6.45, 7) is 5.79. The number of esters is 1. The monoisotopic (exact) mass is 419 g/mol. The van der Waals surface area contributed by atoms with Gasteiger partial charge in [0.2, 0.25) is 0 Å². The quantitative estimate of drug-likeness (QED) is 0.719. The van der Waals surface area contributed by atoms with Crippen molar-refractivity contribution in [2.24, 2.45) is 0 Å². The van der Waals surface area contributed by atoms with Gasteiger partial charge in [-0.05, 0) is 56.2 Å². The van der Waals surface area contributed by atoms with Gasteiger partial charge in [-0.25, -0.2) is 4.79 Å². The van der Waals surface area contributed by atoms with Crippen LogP contribution in [0, 0.1) is 13.8 Å². The predicted molar refractivity (Wildman–Crippen MR) is 108 cm³/mol. The molecule has 0 bridgehead atoms. The summed E-state index contributed by atoms with van der Waals surface area (Å²) in [5.74, 6) is 0.636. The minimum absolute atomic E-state index is 0.315. The van der Waals surface area contributed by atoms with Gasteiger partial charge in [-0.2, -0.15) is 0 Å². The van der Waals surface area contributed by atoms with Crippen molar-refractivity contribution in [3.63, 3.8) is 0 Å². The molecular formula is C21H22ClNO6. The Bertz CT molecular complexity index is 906. The second kappa shape index (κ2) is 9.05. The van der Waals surface area contributed by atoms with E-state index in [0.717, 1.165) is 11.1 Å². The first kappa shape index (κ1) is 20.8. The average molecular weight is 420 g/mol. The van der Waals surface area contributed by atoms with E-state index in [9.17, 15) is 9.59 Å². The van der Waals surface area contributed by atoms with Gasteiger partial charge in [0.1, 0.15) is 19.0 Å². The highest BCUT2D eigenvalue weighted by Crippen LogP contribution is 2.32. The largest absolute Gasteiger partial charge is 0.486 e. The molecule has 0 saturated heterocycles. The predicted octanol–water partition coefficient (Wildman–Crippen LogP) is 3.68. The zero-order valence-corrected chi connectivity index (χ0v) is 17.2. The van der Waals surface area contributed by atoms with Crippen LogP contribution >= 0.6 is 11.6 Å². The first-order valence-corrected chi connectivity index (χ1v) is 9.51. The molecule has 0 radical (unpaired) electrons. The summed E-state index contributed by atoms with van der Waals surface area (Å²) < 4.78 is 21.6. The number of rotatable bonds is 6. The molecular weight excluding hydrogens is 398 g/mol. The summed E-state index contributed by atoms with van der Waals surface area (Å²) >= 11 is 5.99. The summed E-state index contributed by atoms with van der Waals surface area (Å²) in [5, 5.41) is 3.28. The third-order valence-electron chi connectivity index (χ3n) is 4.25. The Morgan fingerprint density at radius 2 is 1.76 bits per heavy atom. The van der Waals surface area contributed by atoms with Gasteiger partial charge in [0, 0.05) is 16.8 Å². The average Bonchev–Trinajstić information content (AvgIpc) is 2.67.